The van der Waals surface area contributed by atoms with Crippen LogP contribution in [-0.2, 0) is 4.79 Å². The van der Waals surface area contributed by atoms with Crippen LogP contribution in [-0.4, -0.2) is 12.0 Å². The molecule has 22 heavy (non-hydrogen) atoms. The van der Waals surface area contributed by atoms with Gasteiger partial charge in [0.15, 0.2) is 6.10 Å². The quantitative estimate of drug-likeness (QED) is 0.889. The van der Waals surface area contributed by atoms with Crippen LogP contribution in [0.2, 0.25) is 5.02 Å². The van der Waals surface area contributed by atoms with Crippen LogP contribution in [0.3, 0.4) is 0 Å². The number of hydrogen-bond acceptors (Lipinski definition) is 2. The number of carbonyl (C=O) groups excluding carboxylic acids is 1. The van der Waals surface area contributed by atoms with Crippen molar-refractivity contribution in [1.82, 2.24) is 0 Å². The van der Waals surface area contributed by atoms with Crippen molar-refractivity contribution in [2.45, 2.75) is 33.8 Å². The molecule has 1 amide bonds. The zero-order valence-electron chi connectivity index (χ0n) is 13.2. The minimum atomic E-state index is -0.597. The first-order chi connectivity index (χ1) is 10.4. The number of rotatable bonds is 4. The summed E-state index contributed by atoms with van der Waals surface area (Å²) < 4.78 is 5.77. The molecule has 0 saturated carbocycles. The van der Waals surface area contributed by atoms with Gasteiger partial charge in [0.05, 0.1) is 0 Å². The van der Waals surface area contributed by atoms with Gasteiger partial charge in [0.25, 0.3) is 5.91 Å². The smallest absolute Gasteiger partial charge is 0.265 e. The average molecular weight is 318 g/mol. The molecule has 116 valence electrons. The van der Waals surface area contributed by atoms with Gasteiger partial charge >= 0.3 is 0 Å². The van der Waals surface area contributed by atoms with Crippen molar-refractivity contribution in [2.24, 2.45) is 0 Å². The lowest BCUT2D eigenvalue weighted by atomic mass is 10.1. The van der Waals surface area contributed by atoms with Crippen molar-refractivity contribution in [1.29, 1.82) is 0 Å². The third-order valence-electron chi connectivity index (χ3n) is 3.67. The molecule has 0 radical (unpaired) electrons. The zero-order valence-corrected chi connectivity index (χ0v) is 14.0. The number of benzene rings is 2. The summed E-state index contributed by atoms with van der Waals surface area (Å²) in [6.07, 6.45) is -0.597. The van der Waals surface area contributed by atoms with Crippen LogP contribution in [0.25, 0.3) is 0 Å². The lowest BCUT2D eigenvalue weighted by Gasteiger charge is -2.17. The van der Waals surface area contributed by atoms with E-state index in [2.05, 4.69) is 5.32 Å². The van der Waals surface area contributed by atoms with Crippen LogP contribution in [0.1, 0.15) is 23.6 Å². The van der Waals surface area contributed by atoms with E-state index in [1.807, 2.05) is 51.1 Å². The number of carbonyl (C=O) groups is 1. The van der Waals surface area contributed by atoms with Gasteiger partial charge in [0.2, 0.25) is 0 Å². The third-order valence-corrected chi connectivity index (χ3v) is 4.07. The highest BCUT2D eigenvalue weighted by Crippen LogP contribution is 2.23. The van der Waals surface area contributed by atoms with Gasteiger partial charge < -0.3 is 10.1 Å². The fourth-order valence-corrected chi connectivity index (χ4v) is 2.19. The highest BCUT2D eigenvalue weighted by molar-refractivity contribution is 6.31. The number of nitrogens with one attached hydrogen (secondary N) is 1. The Balaban J connectivity index is 2.06. The van der Waals surface area contributed by atoms with Crippen LogP contribution in [0.4, 0.5) is 5.69 Å². The summed E-state index contributed by atoms with van der Waals surface area (Å²) in [7, 11) is 0. The molecule has 0 heterocycles. The predicted octanol–water partition coefficient (Wildman–Crippen LogP) is 4.67. The molecule has 1 N–H and O–H groups in total. The number of hydrogen-bond donors (Lipinski definition) is 1. The number of halogens is 1. The van der Waals surface area contributed by atoms with Crippen LogP contribution in [0, 0.1) is 20.8 Å². The highest BCUT2D eigenvalue weighted by Gasteiger charge is 2.16. The first-order valence-electron chi connectivity index (χ1n) is 7.18. The Hall–Kier alpha value is -2.00. The summed E-state index contributed by atoms with van der Waals surface area (Å²) in [4.78, 5) is 12.2. The molecule has 0 saturated heterocycles. The van der Waals surface area contributed by atoms with E-state index in [0.29, 0.717) is 10.7 Å². The maximum absolute atomic E-state index is 12.2. The maximum Gasteiger partial charge on any atom is 0.265 e. The molecular formula is C18H20ClNO2. The Labute approximate surface area is 136 Å². The predicted molar refractivity (Wildman–Crippen MR) is 90.8 cm³/mol. The summed E-state index contributed by atoms with van der Waals surface area (Å²) in [5.41, 5.74) is 3.81. The Bertz CT molecular complexity index is 697. The third kappa shape index (κ3) is 3.80. The minimum Gasteiger partial charge on any atom is -0.481 e. The van der Waals surface area contributed by atoms with Crippen LogP contribution in [0.15, 0.2) is 36.4 Å². The summed E-state index contributed by atoms with van der Waals surface area (Å²) in [6.45, 7) is 7.64. The van der Waals surface area contributed by atoms with Crippen molar-refractivity contribution < 1.29 is 9.53 Å². The van der Waals surface area contributed by atoms with Crippen molar-refractivity contribution in [3.05, 3.63) is 58.1 Å². The average Bonchev–Trinajstić information content (AvgIpc) is 2.47. The maximum atomic E-state index is 12.2. The number of ether oxygens (including phenoxy) is 1. The Morgan fingerprint density at radius 1 is 1.14 bits per heavy atom. The molecule has 3 nitrogen and oxygen atoms in total. The Morgan fingerprint density at radius 2 is 1.86 bits per heavy atom. The first kappa shape index (κ1) is 16.4. The molecule has 0 spiro atoms. The fourth-order valence-electron chi connectivity index (χ4n) is 2.01. The normalized spacial score (nSPS) is 11.9. The van der Waals surface area contributed by atoms with Crippen molar-refractivity contribution >= 4 is 23.2 Å². The van der Waals surface area contributed by atoms with E-state index in [9.17, 15) is 4.79 Å². The number of amides is 1. The number of anilines is 1. The Kier molecular flexibility index (Phi) is 5.09. The molecule has 1 atom stereocenters. The first-order valence-corrected chi connectivity index (χ1v) is 7.56. The van der Waals surface area contributed by atoms with Crippen molar-refractivity contribution in [3.63, 3.8) is 0 Å². The van der Waals surface area contributed by atoms with Crippen LogP contribution in [0.5, 0.6) is 5.75 Å². The van der Waals surface area contributed by atoms with Gasteiger partial charge in [-0.05, 0) is 62.6 Å². The second kappa shape index (κ2) is 6.84. The lowest BCUT2D eigenvalue weighted by Crippen LogP contribution is -2.30. The van der Waals surface area contributed by atoms with Crippen molar-refractivity contribution in [2.75, 3.05) is 5.32 Å². The van der Waals surface area contributed by atoms with Crippen LogP contribution < -0.4 is 10.1 Å². The van der Waals surface area contributed by atoms with Gasteiger partial charge in [0, 0.05) is 10.7 Å². The summed E-state index contributed by atoms with van der Waals surface area (Å²) in [5.74, 6) is 0.519. The van der Waals surface area contributed by atoms with Gasteiger partial charge in [-0.2, -0.15) is 0 Å². The van der Waals surface area contributed by atoms with Crippen LogP contribution >= 0.6 is 11.6 Å². The molecule has 0 aromatic heterocycles. The molecule has 0 fully saturated rings. The van der Waals surface area contributed by atoms with E-state index < -0.39 is 6.10 Å². The largest absolute Gasteiger partial charge is 0.481 e. The van der Waals surface area contributed by atoms with Gasteiger partial charge in [-0.1, -0.05) is 29.8 Å². The van der Waals surface area contributed by atoms with E-state index in [-0.39, 0.29) is 5.91 Å². The van der Waals surface area contributed by atoms with E-state index in [4.69, 9.17) is 16.3 Å². The Morgan fingerprint density at radius 3 is 2.55 bits per heavy atom. The molecular weight excluding hydrogens is 298 g/mol. The monoisotopic (exact) mass is 317 g/mol. The zero-order chi connectivity index (χ0) is 16.3. The molecule has 2 aromatic rings. The summed E-state index contributed by atoms with van der Waals surface area (Å²) in [6, 6.07) is 11.2. The SMILES string of the molecule is Cc1ccc(NC(=O)[C@H](C)Oc2cccc(C)c2C)cc1Cl. The van der Waals surface area contributed by atoms with Gasteiger partial charge in [-0.25, -0.2) is 0 Å². The second-order valence-electron chi connectivity index (χ2n) is 5.41. The molecule has 2 rings (SSSR count). The number of aryl methyl sites for hydroxylation is 2. The lowest BCUT2D eigenvalue weighted by molar-refractivity contribution is -0.122. The molecule has 0 bridgehead atoms. The fraction of sp³-hybridized carbons (Fsp3) is 0.278. The highest BCUT2D eigenvalue weighted by atomic mass is 35.5. The molecule has 0 aliphatic carbocycles. The van der Waals surface area contributed by atoms with E-state index >= 15 is 0 Å². The van der Waals surface area contributed by atoms with Crippen molar-refractivity contribution in [3.8, 4) is 5.75 Å². The molecule has 4 heteroatoms. The minimum absolute atomic E-state index is 0.208. The topological polar surface area (TPSA) is 38.3 Å². The van der Waals surface area contributed by atoms with E-state index in [1.54, 1.807) is 13.0 Å². The molecule has 0 unspecified atom stereocenters. The molecule has 2 aromatic carbocycles. The standard InChI is InChI=1S/C18H20ClNO2/c1-11-6-5-7-17(13(11)3)22-14(4)18(21)20-15-9-8-12(2)16(19)10-15/h5-10,14H,1-4H3,(H,20,21)/t14-/m0/s1. The van der Waals surface area contributed by atoms with Gasteiger partial charge in [0.1, 0.15) is 5.75 Å². The van der Waals surface area contributed by atoms with E-state index in [0.717, 1.165) is 22.4 Å². The second-order valence-corrected chi connectivity index (χ2v) is 5.82. The molecule has 0 aliphatic heterocycles. The summed E-state index contributed by atoms with van der Waals surface area (Å²) in [5, 5.41) is 3.44. The van der Waals surface area contributed by atoms with Gasteiger partial charge in [-0.3, -0.25) is 4.79 Å². The summed E-state index contributed by atoms with van der Waals surface area (Å²) >= 11 is 6.06. The molecule has 0 aliphatic rings. The van der Waals surface area contributed by atoms with E-state index in [1.165, 1.54) is 0 Å². The van der Waals surface area contributed by atoms with Gasteiger partial charge in [-0.15, -0.1) is 0 Å².